The van der Waals surface area contributed by atoms with Crippen LogP contribution in [0.25, 0.3) is 0 Å². The highest BCUT2D eigenvalue weighted by Crippen LogP contribution is 2.23. The molecule has 0 aromatic carbocycles. The van der Waals surface area contributed by atoms with E-state index >= 15 is 0 Å². The Morgan fingerprint density at radius 3 is 3.11 bits per heavy atom. The van der Waals surface area contributed by atoms with Crippen molar-refractivity contribution in [2.24, 2.45) is 5.92 Å². The average molecular weight is 265 g/mol. The van der Waals surface area contributed by atoms with Gasteiger partial charge in [-0.05, 0) is 26.7 Å². The Kier molecular flexibility index (Phi) is 4.96. The predicted molar refractivity (Wildman–Crippen MR) is 74.4 cm³/mol. The molecule has 1 aliphatic rings. The number of anilines is 1. The lowest BCUT2D eigenvalue weighted by molar-refractivity contribution is 0.0900. The van der Waals surface area contributed by atoms with Crippen LogP contribution < -0.4 is 10.1 Å². The summed E-state index contributed by atoms with van der Waals surface area (Å²) >= 11 is 0. The van der Waals surface area contributed by atoms with Gasteiger partial charge in [-0.3, -0.25) is 0 Å². The fourth-order valence-electron chi connectivity index (χ4n) is 2.33. The van der Waals surface area contributed by atoms with Crippen LogP contribution in [0, 0.1) is 5.92 Å². The molecule has 0 spiro atoms. The van der Waals surface area contributed by atoms with Crippen LogP contribution in [-0.2, 0) is 4.74 Å². The van der Waals surface area contributed by atoms with Crippen molar-refractivity contribution in [1.82, 2.24) is 9.97 Å². The van der Waals surface area contributed by atoms with E-state index in [1.54, 1.807) is 12.3 Å². The molecule has 0 radical (unpaired) electrons. The minimum Gasteiger partial charge on any atom is -0.475 e. The van der Waals surface area contributed by atoms with Crippen molar-refractivity contribution in [3.05, 3.63) is 12.3 Å². The van der Waals surface area contributed by atoms with Crippen LogP contribution in [0.1, 0.15) is 33.6 Å². The summed E-state index contributed by atoms with van der Waals surface area (Å²) in [6.45, 7) is 7.84. The van der Waals surface area contributed by atoms with Gasteiger partial charge in [-0.15, -0.1) is 0 Å². The van der Waals surface area contributed by atoms with Crippen LogP contribution in [0.4, 0.5) is 5.95 Å². The van der Waals surface area contributed by atoms with E-state index in [1.807, 2.05) is 13.8 Å². The molecule has 2 atom stereocenters. The van der Waals surface area contributed by atoms with Gasteiger partial charge < -0.3 is 14.8 Å². The Morgan fingerprint density at radius 1 is 1.53 bits per heavy atom. The third kappa shape index (κ3) is 4.06. The van der Waals surface area contributed by atoms with Crippen LogP contribution in [0.15, 0.2) is 12.3 Å². The molecule has 1 saturated heterocycles. The van der Waals surface area contributed by atoms with Crippen molar-refractivity contribution in [2.45, 2.75) is 45.8 Å². The first-order valence-corrected chi connectivity index (χ1v) is 7.04. The lowest BCUT2D eigenvalue weighted by Crippen LogP contribution is -2.23. The molecular weight excluding hydrogens is 242 g/mol. The summed E-state index contributed by atoms with van der Waals surface area (Å²) in [7, 11) is 0. The number of hydrogen-bond donors (Lipinski definition) is 1. The average Bonchev–Trinajstić information content (AvgIpc) is 2.83. The molecule has 1 aromatic heterocycles. The third-order valence-corrected chi connectivity index (χ3v) is 3.26. The largest absolute Gasteiger partial charge is 0.475 e. The van der Waals surface area contributed by atoms with E-state index in [-0.39, 0.29) is 6.10 Å². The third-order valence-electron chi connectivity index (χ3n) is 3.26. The van der Waals surface area contributed by atoms with E-state index in [0.717, 1.165) is 26.0 Å². The molecular formula is C14H23N3O2. The molecule has 0 bridgehead atoms. The van der Waals surface area contributed by atoms with Gasteiger partial charge in [-0.25, -0.2) is 4.98 Å². The smallest absolute Gasteiger partial charge is 0.225 e. The summed E-state index contributed by atoms with van der Waals surface area (Å²) in [5.74, 6) is 1.78. The molecule has 2 unspecified atom stereocenters. The molecule has 1 aliphatic heterocycles. The molecule has 1 N–H and O–H groups in total. The van der Waals surface area contributed by atoms with Crippen molar-refractivity contribution in [2.75, 3.05) is 18.5 Å². The molecule has 5 heteroatoms. The highest BCUT2D eigenvalue weighted by atomic mass is 16.5. The van der Waals surface area contributed by atoms with Crippen LogP contribution >= 0.6 is 0 Å². The number of rotatable bonds is 6. The number of aromatic nitrogens is 2. The fraction of sp³-hybridized carbons (Fsp3) is 0.714. The Bertz CT molecular complexity index is 398. The van der Waals surface area contributed by atoms with Crippen molar-refractivity contribution in [3.63, 3.8) is 0 Å². The van der Waals surface area contributed by atoms with E-state index < -0.39 is 0 Å². The maximum Gasteiger partial charge on any atom is 0.225 e. The molecule has 0 amide bonds. The standard InChI is InChI=1S/C14H23N3O2/c1-4-12-11(6-8-18-12)9-16-14-15-7-5-13(17-14)19-10(2)3/h5,7,10-12H,4,6,8-9H2,1-3H3,(H,15,16,17). The van der Waals surface area contributed by atoms with Gasteiger partial charge in [0.25, 0.3) is 0 Å². The van der Waals surface area contributed by atoms with Gasteiger partial charge in [0.15, 0.2) is 0 Å². The van der Waals surface area contributed by atoms with E-state index in [0.29, 0.717) is 23.9 Å². The van der Waals surface area contributed by atoms with Crippen LogP contribution in [0.3, 0.4) is 0 Å². The van der Waals surface area contributed by atoms with E-state index in [9.17, 15) is 0 Å². The number of nitrogens with zero attached hydrogens (tertiary/aromatic N) is 2. The Labute approximate surface area is 114 Å². The van der Waals surface area contributed by atoms with Gasteiger partial charge in [0.2, 0.25) is 11.8 Å². The minimum absolute atomic E-state index is 0.121. The molecule has 2 rings (SSSR count). The zero-order chi connectivity index (χ0) is 13.7. The summed E-state index contributed by atoms with van der Waals surface area (Å²) < 4.78 is 11.2. The maximum atomic E-state index is 5.67. The molecule has 106 valence electrons. The lowest BCUT2D eigenvalue weighted by Gasteiger charge is -2.17. The van der Waals surface area contributed by atoms with E-state index in [4.69, 9.17) is 9.47 Å². The predicted octanol–water partition coefficient (Wildman–Crippen LogP) is 2.49. The first-order chi connectivity index (χ1) is 9.19. The zero-order valence-electron chi connectivity index (χ0n) is 11.9. The Balaban J connectivity index is 1.88. The monoisotopic (exact) mass is 265 g/mol. The maximum absolute atomic E-state index is 5.67. The van der Waals surface area contributed by atoms with Gasteiger partial charge in [0, 0.05) is 31.3 Å². The van der Waals surface area contributed by atoms with Crippen molar-refractivity contribution in [1.29, 1.82) is 0 Å². The second kappa shape index (κ2) is 6.70. The molecule has 1 aromatic rings. The van der Waals surface area contributed by atoms with Gasteiger partial charge >= 0.3 is 0 Å². The minimum atomic E-state index is 0.121. The highest BCUT2D eigenvalue weighted by molar-refractivity contribution is 5.27. The lowest BCUT2D eigenvalue weighted by atomic mass is 10.00. The second-order valence-electron chi connectivity index (χ2n) is 5.13. The zero-order valence-corrected chi connectivity index (χ0v) is 11.9. The SMILES string of the molecule is CCC1OCCC1CNc1nccc(OC(C)C)n1. The fourth-order valence-corrected chi connectivity index (χ4v) is 2.33. The summed E-state index contributed by atoms with van der Waals surface area (Å²) in [5.41, 5.74) is 0. The van der Waals surface area contributed by atoms with Crippen LogP contribution in [0.2, 0.25) is 0 Å². The van der Waals surface area contributed by atoms with Crippen molar-refractivity contribution < 1.29 is 9.47 Å². The van der Waals surface area contributed by atoms with Crippen molar-refractivity contribution >= 4 is 5.95 Å². The quantitative estimate of drug-likeness (QED) is 0.856. The summed E-state index contributed by atoms with van der Waals surface area (Å²) in [6, 6.07) is 1.78. The number of ether oxygens (including phenoxy) is 2. The molecule has 0 aliphatic carbocycles. The molecule has 0 saturated carbocycles. The molecule has 19 heavy (non-hydrogen) atoms. The Morgan fingerprint density at radius 2 is 2.37 bits per heavy atom. The van der Waals surface area contributed by atoms with Crippen LogP contribution in [-0.4, -0.2) is 35.3 Å². The van der Waals surface area contributed by atoms with Gasteiger partial charge in [-0.1, -0.05) is 6.92 Å². The van der Waals surface area contributed by atoms with Crippen molar-refractivity contribution in [3.8, 4) is 5.88 Å². The van der Waals surface area contributed by atoms with Gasteiger partial charge in [0.1, 0.15) is 0 Å². The first kappa shape index (κ1) is 14.1. The van der Waals surface area contributed by atoms with Crippen LogP contribution in [0.5, 0.6) is 5.88 Å². The van der Waals surface area contributed by atoms with Gasteiger partial charge in [-0.2, -0.15) is 4.98 Å². The van der Waals surface area contributed by atoms with E-state index in [1.165, 1.54) is 0 Å². The summed E-state index contributed by atoms with van der Waals surface area (Å²) in [4.78, 5) is 8.55. The second-order valence-corrected chi connectivity index (χ2v) is 5.13. The molecule has 5 nitrogen and oxygen atoms in total. The summed E-state index contributed by atoms with van der Waals surface area (Å²) in [6.07, 6.45) is 4.37. The molecule has 1 fully saturated rings. The number of nitrogens with one attached hydrogen (secondary N) is 1. The molecule has 2 heterocycles. The topological polar surface area (TPSA) is 56.3 Å². The highest BCUT2D eigenvalue weighted by Gasteiger charge is 2.26. The van der Waals surface area contributed by atoms with Gasteiger partial charge in [0.05, 0.1) is 12.2 Å². The summed E-state index contributed by atoms with van der Waals surface area (Å²) in [5, 5.41) is 3.28. The Hall–Kier alpha value is -1.36. The number of hydrogen-bond acceptors (Lipinski definition) is 5. The first-order valence-electron chi connectivity index (χ1n) is 7.04. The van der Waals surface area contributed by atoms with E-state index in [2.05, 4.69) is 22.2 Å². The normalized spacial score (nSPS) is 22.7.